The van der Waals surface area contributed by atoms with E-state index >= 15 is 0 Å². The summed E-state index contributed by atoms with van der Waals surface area (Å²) in [6.45, 7) is 5.89. The van der Waals surface area contributed by atoms with Gasteiger partial charge in [0, 0.05) is 31.4 Å². The van der Waals surface area contributed by atoms with Crippen molar-refractivity contribution in [2.24, 2.45) is 7.05 Å². The van der Waals surface area contributed by atoms with Gasteiger partial charge < -0.3 is 9.88 Å². The van der Waals surface area contributed by atoms with Crippen molar-refractivity contribution in [2.75, 3.05) is 0 Å². The number of amides is 1. The monoisotopic (exact) mass is 260 g/mol. The SMILES string of the molecule is Cc1cc(CC(C)NC(=O)c2c(C)ccn2C)n[nH]1. The molecule has 2 heterocycles. The highest BCUT2D eigenvalue weighted by molar-refractivity contribution is 5.94. The van der Waals surface area contributed by atoms with Crippen LogP contribution in [0, 0.1) is 13.8 Å². The molecule has 1 atom stereocenters. The fourth-order valence-electron chi connectivity index (χ4n) is 2.23. The zero-order valence-electron chi connectivity index (χ0n) is 11.8. The van der Waals surface area contributed by atoms with Crippen LogP contribution in [0.15, 0.2) is 18.3 Å². The van der Waals surface area contributed by atoms with E-state index in [9.17, 15) is 4.79 Å². The molecule has 2 N–H and O–H groups in total. The summed E-state index contributed by atoms with van der Waals surface area (Å²) < 4.78 is 1.84. The first-order valence-corrected chi connectivity index (χ1v) is 6.41. The molecular formula is C14H20N4O. The number of nitrogens with one attached hydrogen (secondary N) is 2. The Morgan fingerprint density at radius 1 is 1.53 bits per heavy atom. The number of aromatic nitrogens is 3. The van der Waals surface area contributed by atoms with Crippen LogP contribution in [0.5, 0.6) is 0 Å². The van der Waals surface area contributed by atoms with Gasteiger partial charge in [0.15, 0.2) is 0 Å². The Kier molecular flexibility index (Phi) is 3.74. The number of aromatic amines is 1. The molecule has 0 spiro atoms. The molecule has 0 bridgehead atoms. The topological polar surface area (TPSA) is 62.7 Å². The van der Waals surface area contributed by atoms with Crippen molar-refractivity contribution in [3.05, 3.63) is 41.0 Å². The van der Waals surface area contributed by atoms with Crippen molar-refractivity contribution in [1.29, 1.82) is 0 Å². The Hall–Kier alpha value is -2.04. The number of H-pyrrole nitrogens is 1. The van der Waals surface area contributed by atoms with Crippen molar-refractivity contribution in [2.45, 2.75) is 33.2 Å². The molecule has 5 nitrogen and oxygen atoms in total. The van der Waals surface area contributed by atoms with Gasteiger partial charge >= 0.3 is 0 Å². The highest BCUT2D eigenvalue weighted by Crippen LogP contribution is 2.09. The lowest BCUT2D eigenvalue weighted by Crippen LogP contribution is -2.35. The van der Waals surface area contributed by atoms with Gasteiger partial charge in [0.25, 0.3) is 5.91 Å². The zero-order chi connectivity index (χ0) is 14.0. The maximum Gasteiger partial charge on any atom is 0.268 e. The van der Waals surface area contributed by atoms with Crippen molar-refractivity contribution < 1.29 is 4.79 Å². The molecule has 19 heavy (non-hydrogen) atoms. The highest BCUT2D eigenvalue weighted by Gasteiger charge is 2.15. The largest absolute Gasteiger partial charge is 0.348 e. The fraction of sp³-hybridized carbons (Fsp3) is 0.429. The molecular weight excluding hydrogens is 240 g/mol. The van der Waals surface area contributed by atoms with Gasteiger partial charge in [0.2, 0.25) is 0 Å². The highest BCUT2D eigenvalue weighted by atomic mass is 16.2. The Balaban J connectivity index is 1.99. The van der Waals surface area contributed by atoms with Crippen molar-refractivity contribution in [3.8, 4) is 0 Å². The molecule has 0 aromatic carbocycles. The predicted molar refractivity (Wildman–Crippen MR) is 74.1 cm³/mol. The van der Waals surface area contributed by atoms with Gasteiger partial charge in [0.05, 0.1) is 5.69 Å². The maximum absolute atomic E-state index is 12.2. The minimum absolute atomic E-state index is 0.0373. The number of hydrogen-bond donors (Lipinski definition) is 2. The summed E-state index contributed by atoms with van der Waals surface area (Å²) in [5, 5.41) is 10.1. The molecule has 5 heteroatoms. The molecule has 1 amide bonds. The average molecular weight is 260 g/mol. The maximum atomic E-state index is 12.2. The summed E-state index contributed by atoms with van der Waals surface area (Å²) in [5.74, 6) is -0.0373. The summed E-state index contributed by atoms with van der Waals surface area (Å²) >= 11 is 0. The van der Waals surface area contributed by atoms with Crippen LogP contribution in [0.3, 0.4) is 0 Å². The van der Waals surface area contributed by atoms with Gasteiger partial charge in [-0.25, -0.2) is 0 Å². The standard InChI is InChI=1S/C14H20N4O/c1-9-5-6-18(4)13(9)14(19)15-10(2)7-12-8-11(3)16-17-12/h5-6,8,10H,7H2,1-4H3,(H,15,19)(H,16,17). The lowest BCUT2D eigenvalue weighted by Gasteiger charge is -2.13. The second-order valence-corrected chi connectivity index (χ2v) is 5.08. The Bertz CT molecular complexity index is 563. The molecule has 2 aromatic heterocycles. The van der Waals surface area contributed by atoms with E-state index in [0.29, 0.717) is 5.69 Å². The first-order valence-electron chi connectivity index (χ1n) is 6.41. The number of rotatable bonds is 4. The van der Waals surface area contributed by atoms with Crippen LogP contribution in [-0.2, 0) is 13.5 Å². The average Bonchev–Trinajstić information content (AvgIpc) is 2.85. The molecule has 0 aliphatic carbocycles. The van der Waals surface area contributed by atoms with E-state index in [1.54, 1.807) is 0 Å². The number of hydrogen-bond acceptors (Lipinski definition) is 2. The lowest BCUT2D eigenvalue weighted by molar-refractivity contribution is 0.0931. The van der Waals surface area contributed by atoms with E-state index in [1.165, 1.54) is 0 Å². The van der Waals surface area contributed by atoms with Crippen LogP contribution >= 0.6 is 0 Å². The molecule has 0 aliphatic heterocycles. The summed E-state index contributed by atoms with van der Waals surface area (Å²) in [4.78, 5) is 12.2. The molecule has 2 aromatic rings. The third kappa shape index (κ3) is 3.05. The van der Waals surface area contributed by atoms with Crippen LogP contribution in [0.4, 0.5) is 0 Å². The van der Waals surface area contributed by atoms with E-state index < -0.39 is 0 Å². The number of carbonyl (C=O) groups excluding carboxylic acids is 1. The first-order chi connectivity index (χ1) is 8.97. The van der Waals surface area contributed by atoms with E-state index in [1.807, 2.05) is 50.7 Å². The van der Waals surface area contributed by atoms with E-state index in [4.69, 9.17) is 0 Å². The number of nitrogens with zero attached hydrogens (tertiary/aromatic N) is 2. The van der Waals surface area contributed by atoms with E-state index in [0.717, 1.165) is 23.4 Å². The third-order valence-electron chi connectivity index (χ3n) is 3.14. The Morgan fingerprint density at radius 2 is 2.26 bits per heavy atom. The van der Waals surface area contributed by atoms with Crippen LogP contribution in [0.25, 0.3) is 0 Å². The summed E-state index contributed by atoms with van der Waals surface area (Å²) in [7, 11) is 1.88. The third-order valence-corrected chi connectivity index (χ3v) is 3.14. The predicted octanol–water partition coefficient (Wildman–Crippen LogP) is 1.73. The fourth-order valence-corrected chi connectivity index (χ4v) is 2.23. The van der Waals surface area contributed by atoms with Crippen LogP contribution < -0.4 is 5.32 Å². The summed E-state index contributed by atoms with van der Waals surface area (Å²) in [6.07, 6.45) is 2.62. The van der Waals surface area contributed by atoms with Crippen molar-refractivity contribution >= 4 is 5.91 Å². The number of carbonyl (C=O) groups is 1. The quantitative estimate of drug-likeness (QED) is 0.879. The zero-order valence-corrected chi connectivity index (χ0v) is 11.8. The first kappa shape index (κ1) is 13.4. The second kappa shape index (κ2) is 5.30. The molecule has 0 saturated heterocycles. The minimum atomic E-state index is -0.0373. The minimum Gasteiger partial charge on any atom is -0.348 e. The Morgan fingerprint density at radius 3 is 2.79 bits per heavy atom. The molecule has 0 saturated carbocycles. The van der Waals surface area contributed by atoms with E-state index in [2.05, 4.69) is 15.5 Å². The molecule has 2 rings (SSSR count). The van der Waals surface area contributed by atoms with Crippen LogP contribution in [0.1, 0.15) is 34.4 Å². The molecule has 0 radical (unpaired) electrons. The van der Waals surface area contributed by atoms with E-state index in [-0.39, 0.29) is 11.9 Å². The van der Waals surface area contributed by atoms with Gasteiger partial charge in [-0.1, -0.05) is 0 Å². The van der Waals surface area contributed by atoms with Crippen molar-refractivity contribution in [3.63, 3.8) is 0 Å². The second-order valence-electron chi connectivity index (χ2n) is 5.08. The molecule has 1 unspecified atom stereocenters. The van der Waals surface area contributed by atoms with Gasteiger partial charge in [-0.15, -0.1) is 0 Å². The van der Waals surface area contributed by atoms with Crippen LogP contribution in [0.2, 0.25) is 0 Å². The molecule has 102 valence electrons. The van der Waals surface area contributed by atoms with Crippen LogP contribution in [-0.4, -0.2) is 26.7 Å². The van der Waals surface area contributed by atoms with Crippen molar-refractivity contribution in [1.82, 2.24) is 20.1 Å². The van der Waals surface area contributed by atoms with Gasteiger partial charge in [-0.3, -0.25) is 9.89 Å². The number of aryl methyl sites for hydroxylation is 3. The normalized spacial score (nSPS) is 12.4. The summed E-state index contributed by atoms with van der Waals surface area (Å²) in [6, 6.07) is 3.98. The molecule has 0 fully saturated rings. The van der Waals surface area contributed by atoms with Gasteiger partial charge in [-0.2, -0.15) is 5.10 Å². The molecule has 0 aliphatic rings. The van der Waals surface area contributed by atoms with Gasteiger partial charge in [0.1, 0.15) is 5.69 Å². The van der Waals surface area contributed by atoms with Gasteiger partial charge in [-0.05, 0) is 38.5 Å². The lowest BCUT2D eigenvalue weighted by atomic mass is 10.1. The summed E-state index contributed by atoms with van der Waals surface area (Å²) in [5.41, 5.74) is 3.70. The Labute approximate surface area is 113 Å². The smallest absolute Gasteiger partial charge is 0.268 e.